The maximum Gasteiger partial charge on any atom is 0.0521 e. The molecular weight excluding hydrogens is 250 g/mol. The van der Waals surface area contributed by atoms with E-state index >= 15 is 0 Å². The zero-order chi connectivity index (χ0) is 12.9. The van der Waals surface area contributed by atoms with Crippen LogP contribution in [0.4, 0.5) is 0 Å². The summed E-state index contributed by atoms with van der Waals surface area (Å²) in [5, 5.41) is 0. The molecule has 19 heavy (non-hydrogen) atoms. The molecule has 1 aromatic carbocycles. The van der Waals surface area contributed by atoms with Gasteiger partial charge in [0.15, 0.2) is 0 Å². The zero-order valence-corrected chi connectivity index (χ0v) is 12.4. The molecular formula is C17H21NS. The van der Waals surface area contributed by atoms with Gasteiger partial charge in [-0.3, -0.25) is 4.90 Å². The lowest BCUT2D eigenvalue weighted by molar-refractivity contribution is 0.331. The summed E-state index contributed by atoms with van der Waals surface area (Å²) >= 11 is 2.09. The smallest absolute Gasteiger partial charge is 0.0521 e. The zero-order valence-electron chi connectivity index (χ0n) is 11.6. The molecule has 1 saturated carbocycles. The van der Waals surface area contributed by atoms with Crippen molar-refractivity contribution >= 4 is 11.8 Å². The van der Waals surface area contributed by atoms with Crippen LogP contribution in [0.15, 0.2) is 35.2 Å². The Labute approximate surface area is 120 Å². The summed E-state index contributed by atoms with van der Waals surface area (Å²) in [5.74, 6) is 0.805. The first-order chi connectivity index (χ1) is 9.26. The fourth-order valence-electron chi connectivity index (χ4n) is 3.71. The van der Waals surface area contributed by atoms with E-state index in [9.17, 15) is 0 Å². The minimum absolute atomic E-state index is 0.422. The van der Waals surface area contributed by atoms with Crippen LogP contribution in [0.25, 0.3) is 0 Å². The van der Waals surface area contributed by atoms with Gasteiger partial charge in [0.25, 0.3) is 0 Å². The second-order valence-electron chi connectivity index (χ2n) is 6.26. The Morgan fingerprint density at radius 1 is 1.32 bits per heavy atom. The summed E-state index contributed by atoms with van der Waals surface area (Å²) < 4.78 is 0.422. The highest BCUT2D eigenvalue weighted by Crippen LogP contribution is 2.69. The molecule has 3 aliphatic rings. The molecule has 0 radical (unpaired) electrons. The lowest BCUT2D eigenvalue weighted by Crippen LogP contribution is -2.18. The number of thioether (sulfide) groups is 1. The largest absolute Gasteiger partial charge is 0.299 e. The third kappa shape index (κ3) is 2.05. The van der Waals surface area contributed by atoms with Crippen LogP contribution in [-0.2, 0) is 11.3 Å². The predicted octanol–water partition coefficient (Wildman–Crippen LogP) is 4.15. The van der Waals surface area contributed by atoms with E-state index in [0.29, 0.717) is 4.75 Å². The van der Waals surface area contributed by atoms with E-state index in [-0.39, 0.29) is 0 Å². The van der Waals surface area contributed by atoms with Crippen LogP contribution in [0.5, 0.6) is 0 Å². The number of fused-ring (bicyclic) bond motifs is 1. The summed E-state index contributed by atoms with van der Waals surface area (Å²) in [6.07, 6.45) is 6.58. The van der Waals surface area contributed by atoms with Crippen molar-refractivity contribution in [2.75, 3.05) is 13.1 Å². The van der Waals surface area contributed by atoms with Crippen LogP contribution < -0.4 is 0 Å². The van der Waals surface area contributed by atoms with Crippen LogP contribution in [-0.4, -0.2) is 18.0 Å². The van der Waals surface area contributed by atoms with Crippen LogP contribution in [0, 0.1) is 5.92 Å². The number of nitrogens with zero attached hydrogens (tertiary/aromatic N) is 1. The molecule has 1 saturated heterocycles. The molecule has 1 nitrogen and oxygen atoms in total. The van der Waals surface area contributed by atoms with Gasteiger partial charge in [-0.25, -0.2) is 0 Å². The molecule has 0 aromatic heterocycles. The molecule has 100 valence electrons. The van der Waals surface area contributed by atoms with Gasteiger partial charge >= 0.3 is 0 Å². The molecule has 2 aliphatic heterocycles. The van der Waals surface area contributed by atoms with Gasteiger partial charge < -0.3 is 0 Å². The number of benzene rings is 1. The van der Waals surface area contributed by atoms with Crippen molar-refractivity contribution in [2.24, 2.45) is 5.92 Å². The van der Waals surface area contributed by atoms with E-state index in [1.54, 1.807) is 5.56 Å². The molecule has 0 N–H and O–H groups in total. The second-order valence-corrected chi connectivity index (χ2v) is 7.84. The Balaban J connectivity index is 1.54. The first kappa shape index (κ1) is 12.0. The summed E-state index contributed by atoms with van der Waals surface area (Å²) in [6.45, 7) is 5.97. The third-order valence-electron chi connectivity index (χ3n) is 4.76. The number of allylic oxidation sites excluding steroid dienone is 2. The molecule has 2 heteroatoms. The third-order valence-corrected chi connectivity index (χ3v) is 6.29. The molecule has 0 amide bonds. The van der Waals surface area contributed by atoms with Gasteiger partial charge in [-0.1, -0.05) is 30.3 Å². The van der Waals surface area contributed by atoms with Crippen molar-refractivity contribution in [1.29, 1.82) is 0 Å². The van der Waals surface area contributed by atoms with Gasteiger partial charge in [0, 0.05) is 6.54 Å². The fourth-order valence-corrected chi connectivity index (χ4v) is 5.24. The maximum atomic E-state index is 2.59. The minimum atomic E-state index is 0.422. The van der Waals surface area contributed by atoms with Crippen LogP contribution in [0.1, 0.15) is 37.3 Å². The highest BCUT2D eigenvalue weighted by atomic mass is 32.2. The topological polar surface area (TPSA) is 3.24 Å². The molecule has 2 fully saturated rings. The molecule has 0 bridgehead atoms. The molecule has 4 rings (SSSR count). The van der Waals surface area contributed by atoms with Crippen molar-refractivity contribution in [2.45, 2.75) is 37.5 Å². The first-order valence-electron chi connectivity index (χ1n) is 7.45. The van der Waals surface area contributed by atoms with Crippen LogP contribution in [0.3, 0.4) is 0 Å². The number of rotatable bonds is 3. The Morgan fingerprint density at radius 2 is 2.16 bits per heavy atom. The van der Waals surface area contributed by atoms with Gasteiger partial charge in [0.2, 0.25) is 0 Å². The molecule has 2 atom stereocenters. The van der Waals surface area contributed by atoms with Gasteiger partial charge in [0.1, 0.15) is 0 Å². The standard InChI is InChI=1S/C17H21NS/c1-13-9-16-11-17(16,19-13)15-6-4-5-14(10-15)12-18-7-2-3-8-18/h4-6,9-10,16H,2-3,7-8,11-12H2,1H3. The van der Waals surface area contributed by atoms with E-state index in [0.717, 1.165) is 12.5 Å². The van der Waals surface area contributed by atoms with Gasteiger partial charge in [-0.15, -0.1) is 11.8 Å². The highest BCUT2D eigenvalue weighted by molar-refractivity contribution is 8.04. The average Bonchev–Trinajstić information content (AvgIpc) is 2.78. The van der Waals surface area contributed by atoms with E-state index in [1.807, 2.05) is 0 Å². The number of likely N-dealkylation sites (tertiary alicyclic amines) is 1. The summed E-state index contributed by atoms with van der Waals surface area (Å²) in [7, 11) is 0. The fraction of sp³-hybridized carbons (Fsp3) is 0.529. The second kappa shape index (κ2) is 4.39. The Kier molecular flexibility index (Phi) is 2.78. The van der Waals surface area contributed by atoms with Crippen molar-refractivity contribution in [1.82, 2.24) is 4.90 Å². The lowest BCUT2D eigenvalue weighted by atomic mass is 10.0. The minimum Gasteiger partial charge on any atom is -0.299 e. The molecule has 2 heterocycles. The van der Waals surface area contributed by atoms with Crippen molar-refractivity contribution in [3.63, 3.8) is 0 Å². The highest BCUT2D eigenvalue weighted by Gasteiger charge is 2.58. The maximum absolute atomic E-state index is 2.59. The Bertz CT molecular complexity index is 530. The van der Waals surface area contributed by atoms with Gasteiger partial charge in [-0.05, 0) is 61.2 Å². The molecule has 1 aromatic rings. The van der Waals surface area contributed by atoms with Crippen molar-refractivity contribution < 1.29 is 0 Å². The SMILES string of the molecule is CC1=CC2CC2(c2cccc(CN3CCCC3)c2)S1. The quantitative estimate of drug-likeness (QED) is 0.812. The monoisotopic (exact) mass is 271 g/mol. The predicted molar refractivity (Wildman–Crippen MR) is 82.1 cm³/mol. The summed E-state index contributed by atoms with van der Waals surface area (Å²) in [4.78, 5) is 4.10. The van der Waals surface area contributed by atoms with Gasteiger partial charge in [-0.2, -0.15) is 0 Å². The van der Waals surface area contributed by atoms with Crippen molar-refractivity contribution in [3.8, 4) is 0 Å². The van der Waals surface area contributed by atoms with E-state index in [4.69, 9.17) is 0 Å². The normalized spacial score (nSPS) is 33.3. The Morgan fingerprint density at radius 3 is 2.89 bits per heavy atom. The van der Waals surface area contributed by atoms with Crippen LogP contribution >= 0.6 is 11.8 Å². The Hall–Kier alpha value is -0.730. The molecule has 0 spiro atoms. The molecule has 2 unspecified atom stereocenters. The van der Waals surface area contributed by atoms with Crippen molar-refractivity contribution in [3.05, 3.63) is 46.4 Å². The molecule has 1 aliphatic carbocycles. The van der Waals surface area contributed by atoms with E-state index in [1.165, 1.54) is 42.8 Å². The number of hydrogen-bond donors (Lipinski definition) is 0. The lowest BCUT2D eigenvalue weighted by Gasteiger charge is -2.18. The summed E-state index contributed by atoms with van der Waals surface area (Å²) in [5.41, 5.74) is 3.07. The van der Waals surface area contributed by atoms with E-state index < -0.39 is 0 Å². The summed E-state index contributed by atoms with van der Waals surface area (Å²) in [6, 6.07) is 9.37. The average molecular weight is 271 g/mol. The first-order valence-corrected chi connectivity index (χ1v) is 8.27. The van der Waals surface area contributed by atoms with Gasteiger partial charge in [0.05, 0.1) is 4.75 Å². The van der Waals surface area contributed by atoms with E-state index in [2.05, 4.69) is 53.9 Å². The number of hydrogen-bond acceptors (Lipinski definition) is 2. The van der Waals surface area contributed by atoms with Crippen LogP contribution in [0.2, 0.25) is 0 Å².